The van der Waals surface area contributed by atoms with E-state index in [1.807, 2.05) is 38.1 Å². The Morgan fingerprint density at radius 1 is 1.03 bits per heavy atom. The first-order chi connectivity index (χ1) is 14.4. The number of carbonyl (C=O) groups excluding carboxylic acids is 1. The fourth-order valence-corrected chi connectivity index (χ4v) is 5.52. The number of fused-ring (bicyclic) bond motifs is 1. The van der Waals surface area contributed by atoms with Gasteiger partial charge in [0.1, 0.15) is 0 Å². The third kappa shape index (κ3) is 3.83. The van der Waals surface area contributed by atoms with Crippen molar-refractivity contribution in [2.24, 2.45) is 0 Å². The SMILES string of the molecule is Cc1ccc(CNC(=O)c2ccc3c(c2)C[C@@H](C)N3S(=O)(=O)c2ccccc2)cc1. The van der Waals surface area contributed by atoms with Crippen molar-refractivity contribution in [3.8, 4) is 0 Å². The average Bonchev–Trinajstić information content (AvgIpc) is 3.09. The predicted octanol–water partition coefficient (Wildman–Crippen LogP) is 4.06. The van der Waals surface area contributed by atoms with E-state index >= 15 is 0 Å². The highest BCUT2D eigenvalue weighted by Crippen LogP contribution is 2.37. The third-order valence-electron chi connectivity index (χ3n) is 5.37. The lowest BCUT2D eigenvalue weighted by Gasteiger charge is -2.24. The fourth-order valence-electron chi connectivity index (χ4n) is 3.81. The maximum absolute atomic E-state index is 13.2. The molecule has 0 bridgehead atoms. The minimum Gasteiger partial charge on any atom is -0.348 e. The molecule has 30 heavy (non-hydrogen) atoms. The van der Waals surface area contributed by atoms with Crippen LogP contribution in [0.5, 0.6) is 0 Å². The molecule has 1 amide bonds. The molecule has 1 atom stereocenters. The smallest absolute Gasteiger partial charge is 0.264 e. The Balaban J connectivity index is 1.55. The van der Waals surface area contributed by atoms with E-state index in [1.165, 1.54) is 9.87 Å². The highest BCUT2D eigenvalue weighted by Gasteiger charge is 2.36. The number of anilines is 1. The molecule has 1 aliphatic rings. The number of hydrogen-bond acceptors (Lipinski definition) is 3. The summed E-state index contributed by atoms with van der Waals surface area (Å²) in [6.45, 7) is 4.36. The Morgan fingerprint density at radius 2 is 1.73 bits per heavy atom. The third-order valence-corrected chi connectivity index (χ3v) is 7.31. The minimum atomic E-state index is -3.65. The number of aryl methyl sites for hydroxylation is 1. The van der Waals surface area contributed by atoms with Gasteiger partial charge in [-0.25, -0.2) is 8.42 Å². The van der Waals surface area contributed by atoms with Crippen molar-refractivity contribution in [2.45, 2.75) is 37.8 Å². The van der Waals surface area contributed by atoms with E-state index in [0.29, 0.717) is 24.2 Å². The van der Waals surface area contributed by atoms with E-state index in [-0.39, 0.29) is 16.8 Å². The maximum atomic E-state index is 13.2. The molecule has 0 saturated heterocycles. The molecular formula is C24H24N2O3S. The van der Waals surface area contributed by atoms with Gasteiger partial charge < -0.3 is 5.32 Å². The van der Waals surface area contributed by atoms with Gasteiger partial charge in [0.2, 0.25) is 0 Å². The number of nitrogens with zero attached hydrogens (tertiary/aromatic N) is 1. The maximum Gasteiger partial charge on any atom is 0.264 e. The summed E-state index contributed by atoms with van der Waals surface area (Å²) in [7, 11) is -3.65. The highest BCUT2D eigenvalue weighted by molar-refractivity contribution is 7.92. The van der Waals surface area contributed by atoms with Gasteiger partial charge >= 0.3 is 0 Å². The molecule has 4 rings (SSSR count). The van der Waals surface area contributed by atoms with E-state index in [0.717, 1.165) is 11.1 Å². The molecular weight excluding hydrogens is 396 g/mol. The van der Waals surface area contributed by atoms with Crippen LogP contribution < -0.4 is 9.62 Å². The number of nitrogens with one attached hydrogen (secondary N) is 1. The van der Waals surface area contributed by atoms with Gasteiger partial charge in [0.15, 0.2) is 0 Å². The first kappa shape index (κ1) is 20.2. The molecule has 3 aromatic carbocycles. The lowest BCUT2D eigenvalue weighted by molar-refractivity contribution is 0.0951. The summed E-state index contributed by atoms with van der Waals surface area (Å²) in [5.41, 5.74) is 4.25. The number of carbonyl (C=O) groups is 1. The monoisotopic (exact) mass is 420 g/mol. The Morgan fingerprint density at radius 3 is 2.43 bits per heavy atom. The Hall–Kier alpha value is -3.12. The fraction of sp³-hybridized carbons (Fsp3) is 0.208. The summed E-state index contributed by atoms with van der Waals surface area (Å²) >= 11 is 0. The lowest BCUT2D eigenvalue weighted by Crippen LogP contribution is -2.35. The summed E-state index contributed by atoms with van der Waals surface area (Å²) < 4.78 is 27.8. The van der Waals surface area contributed by atoms with E-state index in [2.05, 4.69) is 5.32 Å². The number of hydrogen-bond donors (Lipinski definition) is 1. The minimum absolute atomic E-state index is 0.171. The van der Waals surface area contributed by atoms with Crippen LogP contribution in [0.2, 0.25) is 0 Å². The van der Waals surface area contributed by atoms with E-state index < -0.39 is 10.0 Å². The van der Waals surface area contributed by atoms with E-state index in [9.17, 15) is 13.2 Å². The average molecular weight is 421 g/mol. The standard InChI is InChI=1S/C24H24N2O3S/c1-17-8-10-19(11-9-17)16-25-24(27)20-12-13-23-21(15-20)14-18(2)26(23)30(28,29)22-6-4-3-5-7-22/h3-13,15,18H,14,16H2,1-2H3,(H,25,27)/t18-/m1/s1. The van der Waals surface area contributed by atoms with Crippen molar-refractivity contribution < 1.29 is 13.2 Å². The van der Waals surface area contributed by atoms with Crippen LogP contribution in [0.25, 0.3) is 0 Å². The number of amides is 1. The second-order valence-electron chi connectivity index (χ2n) is 7.68. The van der Waals surface area contributed by atoms with Gasteiger partial charge in [-0.2, -0.15) is 0 Å². The van der Waals surface area contributed by atoms with Crippen LogP contribution >= 0.6 is 0 Å². The summed E-state index contributed by atoms with van der Waals surface area (Å²) in [6, 6.07) is 21.5. The molecule has 0 aromatic heterocycles. The van der Waals surface area contributed by atoms with Crippen molar-refractivity contribution in [3.05, 3.63) is 95.1 Å². The van der Waals surface area contributed by atoms with Crippen molar-refractivity contribution >= 4 is 21.6 Å². The van der Waals surface area contributed by atoms with E-state index in [4.69, 9.17) is 0 Å². The molecule has 0 aliphatic carbocycles. The van der Waals surface area contributed by atoms with Gasteiger partial charge in [0.25, 0.3) is 15.9 Å². The largest absolute Gasteiger partial charge is 0.348 e. The number of sulfonamides is 1. The molecule has 154 valence electrons. The van der Waals surface area contributed by atoms with Crippen LogP contribution in [0.3, 0.4) is 0 Å². The predicted molar refractivity (Wildman–Crippen MR) is 118 cm³/mol. The van der Waals surface area contributed by atoms with Crippen LogP contribution in [0.4, 0.5) is 5.69 Å². The van der Waals surface area contributed by atoms with Gasteiger partial charge in [-0.3, -0.25) is 9.10 Å². The zero-order valence-electron chi connectivity index (χ0n) is 17.0. The Bertz CT molecular complexity index is 1170. The van der Waals surface area contributed by atoms with Gasteiger partial charge in [-0.05, 0) is 61.7 Å². The Labute approximate surface area is 177 Å². The Kier molecular flexibility index (Phi) is 5.35. The molecule has 0 spiro atoms. The van der Waals surface area contributed by atoms with Crippen LogP contribution in [-0.4, -0.2) is 20.4 Å². The lowest BCUT2D eigenvalue weighted by atomic mass is 10.1. The van der Waals surface area contributed by atoms with Crippen molar-refractivity contribution in [3.63, 3.8) is 0 Å². The first-order valence-corrected chi connectivity index (χ1v) is 11.4. The molecule has 1 N–H and O–H groups in total. The van der Waals surface area contributed by atoms with Crippen molar-refractivity contribution in [1.82, 2.24) is 5.32 Å². The first-order valence-electron chi connectivity index (χ1n) is 9.92. The molecule has 1 heterocycles. The van der Waals surface area contributed by atoms with Gasteiger partial charge in [0.05, 0.1) is 10.6 Å². The molecule has 6 heteroatoms. The van der Waals surface area contributed by atoms with Crippen molar-refractivity contribution in [2.75, 3.05) is 4.31 Å². The number of benzene rings is 3. The molecule has 3 aromatic rings. The summed E-state index contributed by atoms with van der Waals surface area (Å²) in [5, 5.41) is 2.93. The van der Waals surface area contributed by atoms with Crippen molar-refractivity contribution in [1.29, 1.82) is 0 Å². The van der Waals surface area contributed by atoms with Crippen LogP contribution in [-0.2, 0) is 23.0 Å². The van der Waals surface area contributed by atoms with Gasteiger partial charge in [0, 0.05) is 18.2 Å². The number of rotatable bonds is 5. The van der Waals surface area contributed by atoms with Gasteiger partial charge in [-0.15, -0.1) is 0 Å². The zero-order chi connectivity index (χ0) is 21.3. The molecule has 1 aliphatic heterocycles. The van der Waals surface area contributed by atoms with Crippen LogP contribution in [0.15, 0.2) is 77.7 Å². The molecule has 0 unspecified atom stereocenters. The normalized spacial score (nSPS) is 15.7. The second-order valence-corrected chi connectivity index (χ2v) is 9.49. The quantitative estimate of drug-likeness (QED) is 0.677. The molecule has 0 radical (unpaired) electrons. The van der Waals surface area contributed by atoms with E-state index in [1.54, 1.807) is 48.5 Å². The summed E-state index contributed by atoms with van der Waals surface area (Å²) in [6.07, 6.45) is 0.570. The zero-order valence-corrected chi connectivity index (χ0v) is 17.8. The molecule has 0 saturated carbocycles. The van der Waals surface area contributed by atoms with Crippen LogP contribution in [0, 0.1) is 6.92 Å². The highest BCUT2D eigenvalue weighted by atomic mass is 32.2. The summed E-state index contributed by atoms with van der Waals surface area (Å²) in [5.74, 6) is -0.171. The van der Waals surface area contributed by atoms with Crippen LogP contribution in [0.1, 0.15) is 34.0 Å². The second kappa shape index (κ2) is 7.95. The topological polar surface area (TPSA) is 66.5 Å². The molecule has 5 nitrogen and oxygen atoms in total. The summed E-state index contributed by atoms with van der Waals surface area (Å²) in [4.78, 5) is 12.9. The van der Waals surface area contributed by atoms with Gasteiger partial charge in [-0.1, -0.05) is 48.0 Å². The molecule has 0 fully saturated rings.